The third kappa shape index (κ3) is 3.24. The maximum atomic E-state index is 11.5. The van der Waals surface area contributed by atoms with Gasteiger partial charge >= 0.3 is 0 Å². The molecule has 0 unspecified atom stereocenters. The van der Waals surface area contributed by atoms with Gasteiger partial charge in [-0.2, -0.15) is 0 Å². The van der Waals surface area contributed by atoms with Crippen LogP contribution in [0.15, 0.2) is 48.5 Å². The molecule has 1 N–H and O–H groups in total. The number of nitro benzene ring substituents is 1. The topological polar surface area (TPSA) is 61.7 Å². The van der Waals surface area contributed by atoms with Crippen LogP contribution in [0.2, 0.25) is 0 Å². The lowest BCUT2D eigenvalue weighted by atomic mass is 10.0. The van der Waals surface area contributed by atoms with Gasteiger partial charge in [0.05, 0.1) is 10.5 Å². The monoisotopic (exact) mass is 352 g/mol. The third-order valence-corrected chi connectivity index (χ3v) is 5.50. The van der Waals surface area contributed by atoms with E-state index >= 15 is 0 Å². The quantitative estimate of drug-likeness (QED) is 0.660. The largest absolute Gasteiger partial charge is 0.370 e. The fraction of sp³-hybridized carbons (Fsp3) is 0.400. The summed E-state index contributed by atoms with van der Waals surface area (Å²) in [6, 6.07) is 15.7. The highest BCUT2D eigenvalue weighted by Gasteiger charge is 2.45. The molecule has 0 bridgehead atoms. The van der Waals surface area contributed by atoms with Gasteiger partial charge in [-0.15, -0.1) is 0 Å². The zero-order valence-electron chi connectivity index (χ0n) is 15.0. The number of hydrogen-bond acceptors (Lipinski definition) is 5. The summed E-state index contributed by atoms with van der Waals surface area (Å²) in [5.74, 6) is 0. The number of nitro groups is 1. The van der Waals surface area contributed by atoms with E-state index in [1.54, 1.807) is 6.07 Å². The highest BCUT2D eigenvalue weighted by molar-refractivity contribution is 5.71. The Balaban J connectivity index is 1.63. The van der Waals surface area contributed by atoms with Gasteiger partial charge in [0.15, 0.2) is 0 Å². The van der Waals surface area contributed by atoms with Crippen LogP contribution < -0.4 is 10.2 Å². The molecule has 0 aromatic heterocycles. The number of anilines is 2. The predicted molar refractivity (Wildman–Crippen MR) is 104 cm³/mol. The van der Waals surface area contributed by atoms with Gasteiger partial charge in [-0.3, -0.25) is 10.1 Å². The van der Waals surface area contributed by atoms with Crippen molar-refractivity contribution in [2.45, 2.75) is 18.4 Å². The van der Waals surface area contributed by atoms with Crippen molar-refractivity contribution in [1.82, 2.24) is 4.90 Å². The van der Waals surface area contributed by atoms with Crippen molar-refractivity contribution >= 4 is 17.1 Å². The highest BCUT2D eigenvalue weighted by atomic mass is 16.6. The second kappa shape index (κ2) is 6.61. The van der Waals surface area contributed by atoms with Crippen molar-refractivity contribution in [3.8, 4) is 0 Å². The van der Waals surface area contributed by atoms with Gasteiger partial charge in [0.2, 0.25) is 0 Å². The number of likely N-dealkylation sites (N-methyl/N-ethyl adjacent to an activating group) is 1. The molecule has 0 spiro atoms. The van der Waals surface area contributed by atoms with Crippen LogP contribution in [0.5, 0.6) is 0 Å². The smallest absolute Gasteiger partial charge is 0.292 e. The summed E-state index contributed by atoms with van der Waals surface area (Å²) in [5, 5.41) is 15.0. The summed E-state index contributed by atoms with van der Waals surface area (Å²) < 4.78 is 0. The first-order chi connectivity index (χ1) is 12.6. The number of hydrogen-bond donors (Lipinski definition) is 1. The van der Waals surface area contributed by atoms with Gasteiger partial charge in [0, 0.05) is 37.9 Å². The molecular weight excluding hydrogens is 328 g/mol. The second-order valence-corrected chi connectivity index (χ2v) is 7.32. The van der Waals surface area contributed by atoms with Gasteiger partial charge in [0.25, 0.3) is 5.69 Å². The van der Waals surface area contributed by atoms with E-state index in [4.69, 9.17) is 0 Å². The molecule has 6 nitrogen and oxygen atoms in total. The van der Waals surface area contributed by atoms with Crippen molar-refractivity contribution in [2.24, 2.45) is 0 Å². The summed E-state index contributed by atoms with van der Waals surface area (Å²) in [4.78, 5) is 15.8. The summed E-state index contributed by atoms with van der Waals surface area (Å²) in [6.45, 7) is 3.90. The molecule has 2 fully saturated rings. The first kappa shape index (κ1) is 16.8. The number of nitrogens with one attached hydrogen (secondary N) is 1. The van der Waals surface area contributed by atoms with Crippen molar-refractivity contribution < 1.29 is 4.92 Å². The number of rotatable bonds is 5. The van der Waals surface area contributed by atoms with Crippen LogP contribution >= 0.6 is 0 Å². The summed E-state index contributed by atoms with van der Waals surface area (Å²) in [7, 11) is 2.12. The molecule has 2 aliphatic rings. The summed E-state index contributed by atoms with van der Waals surface area (Å²) in [6.07, 6.45) is 1.99. The summed E-state index contributed by atoms with van der Waals surface area (Å²) in [5.41, 5.74) is 2.83. The molecule has 0 radical (unpaired) electrons. The fourth-order valence-electron chi connectivity index (χ4n) is 3.67. The zero-order valence-corrected chi connectivity index (χ0v) is 15.0. The molecule has 26 heavy (non-hydrogen) atoms. The van der Waals surface area contributed by atoms with Crippen LogP contribution in [0.1, 0.15) is 18.4 Å². The normalized spacial score (nSPS) is 19.2. The first-order valence-corrected chi connectivity index (χ1v) is 9.13. The molecule has 136 valence electrons. The Morgan fingerprint density at radius 3 is 2.35 bits per heavy atom. The molecule has 1 aliphatic heterocycles. The van der Waals surface area contributed by atoms with E-state index in [1.165, 1.54) is 5.56 Å². The molecule has 6 heteroatoms. The average Bonchev–Trinajstić information content (AvgIpc) is 3.43. The number of benzene rings is 2. The molecule has 1 heterocycles. The SMILES string of the molecule is CN1CCN(c2ccc([N+](=O)[O-])c(NC3(c4ccccc4)CC3)c2)CC1. The lowest BCUT2D eigenvalue weighted by Gasteiger charge is -2.34. The minimum absolute atomic E-state index is 0.144. The van der Waals surface area contributed by atoms with Gasteiger partial charge in [-0.25, -0.2) is 0 Å². The Labute approximate surface area is 153 Å². The minimum Gasteiger partial charge on any atom is -0.370 e. The fourth-order valence-corrected chi connectivity index (χ4v) is 3.67. The van der Waals surface area contributed by atoms with Crippen LogP contribution in [-0.4, -0.2) is 43.0 Å². The van der Waals surface area contributed by atoms with Crippen LogP contribution in [0.3, 0.4) is 0 Å². The van der Waals surface area contributed by atoms with E-state index in [1.807, 2.05) is 30.3 Å². The second-order valence-electron chi connectivity index (χ2n) is 7.32. The van der Waals surface area contributed by atoms with Crippen LogP contribution in [-0.2, 0) is 5.54 Å². The maximum absolute atomic E-state index is 11.5. The van der Waals surface area contributed by atoms with Gasteiger partial charge < -0.3 is 15.1 Å². The minimum atomic E-state index is -0.294. The lowest BCUT2D eigenvalue weighted by Crippen LogP contribution is -2.44. The number of nitrogens with zero attached hydrogens (tertiary/aromatic N) is 3. The lowest BCUT2D eigenvalue weighted by molar-refractivity contribution is -0.384. The molecule has 1 saturated heterocycles. The molecule has 2 aromatic rings. The highest BCUT2D eigenvalue weighted by Crippen LogP contribution is 2.49. The van der Waals surface area contributed by atoms with Gasteiger partial charge in [-0.1, -0.05) is 30.3 Å². The molecular formula is C20H24N4O2. The van der Waals surface area contributed by atoms with E-state index in [-0.39, 0.29) is 16.1 Å². The van der Waals surface area contributed by atoms with E-state index in [2.05, 4.69) is 34.3 Å². The van der Waals surface area contributed by atoms with Crippen molar-refractivity contribution in [1.29, 1.82) is 0 Å². The predicted octanol–water partition coefficient (Wildman–Crippen LogP) is 3.45. The van der Waals surface area contributed by atoms with Gasteiger partial charge in [-0.05, 0) is 37.6 Å². The van der Waals surface area contributed by atoms with Crippen LogP contribution in [0, 0.1) is 10.1 Å². The molecule has 2 aromatic carbocycles. The first-order valence-electron chi connectivity index (χ1n) is 9.13. The van der Waals surface area contributed by atoms with E-state index < -0.39 is 0 Å². The molecule has 0 atom stereocenters. The Hall–Kier alpha value is -2.60. The molecule has 1 aliphatic carbocycles. The third-order valence-electron chi connectivity index (χ3n) is 5.50. The van der Waals surface area contributed by atoms with E-state index in [0.29, 0.717) is 5.69 Å². The standard InChI is InChI=1S/C20H24N4O2/c1-22-11-13-23(14-12-22)17-7-8-19(24(25)26)18(15-17)21-20(9-10-20)16-5-3-2-4-6-16/h2-8,15,21H,9-14H2,1H3. The Morgan fingerprint density at radius 2 is 1.73 bits per heavy atom. The molecule has 0 amide bonds. The Bertz CT molecular complexity index is 797. The number of piperazine rings is 1. The van der Waals surface area contributed by atoms with E-state index in [0.717, 1.165) is 44.7 Å². The van der Waals surface area contributed by atoms with Crippen molar-refractivity contribution in [3.05, 3.63) is 64.2 Å². The molecule has 4 rings (SSSR count). The van der Waals surface area contributed by atoms with Crippen molar-refractivity contribution in [2.75, 3.05) is 43.4 Å². The van der Waals surface area contributed by atoms with Crippen LogP contribution in [0.4, 0.5) is 17.1 Å². The van der Waals surface area contributed by atoms with Crippen LogP contribution in [0.25, 0.3) is 0 Å². The van der Waals surface area contributed by atoms with E-state index in [9.17, 15) is 10.1 Å². The van der Waals surface area contributed by atoms with Gasteiger partial charge in [0.1, 0.15) is 5.69 Å². The average molecular weight is 352 g/mol. The zero-order chi connectivity index (χ0) is 18.1. The Morgan fingerprint density at radius 1 is 1.04 bits per heavy atom. The summed E-state index contributed by atoms with van der Waals surface area (Å²) >= 11 is 0. The van der Waals surface area contributed by atoms with Crippen molar-refractivity contribution in [3.63, 3.8) is 0 Å². The Kier molecular flexibility index (Phi) is 4.28. The maximum Gasteiger partial charge on any atom is 0.292 e. The molecule has 1 saturated carbocycles.